The summed E-state index contributed by atoms with van der Waals surface area (Å²) in [6, 6.07) is 15.0. The average Bonchev–Trinajstić information content (AvgIpc) is 2.81. The van der Waals surface area contributed by atoms with Gasteiger partial charge in [0.05, 0.1) is 23.8 Å². The SMILES string of the molecule is COC(=O)c1ccc2cc(Nc3nc(Nc4ccc(C)c(S(N)(=O)=O)c4)ncc3F)ccc2c1. The number of carbonyl (C=O) groups excluding carboxylic acids is 1. The number of nitrogens with zero attached hydrogens (tertiary/aromatic N) is 2. The number of ether oxygens (including phenoxy) is 1. The number of hydrogen-bond acceptors (Lipinski definition) is 8. The molecule has 0 radical (unpaired) electrons. The normalized spacial score (nSPS) is 11.3. The van der Waals surface area contributed by atoms with Crippen molar-refractivity contribution in [3.05, 3.63) is 77.7 Å². The fraction of sp³-hybridized carbons (Fsp3) is 0.0870. The Balaban J connectivity index is 1.59. The molecular formula is C23H20FN5O4S. The van der Waals surface area contributed by atoms with E-state index in [1.54, 1.807) is 55.5 Å². The highest BCUT2D eigenvalue weighted by atomic mass is 32.2. The molecule has 0 atom stereocenters. The van der Waals surface area contributed by atoms with Gasteiger partial charge in [0.1, 0.15) is 0 Å². The number of aromatic nitrogens is 2. The highest BCUT2D eigenvalue weighted by Gasteiger charge is 2.14. The number of benzene rings is 3. The number of nitrogens with one attached hydrogen (secondary N) is 2. The van der Waals surface area contributed by atoms with Crippen molar-refractivity contribution in [2.24, 2.45) is 5.14 Å². The summed E-state index contributed by atoms with van der Waals surface area (Å²) in [6.07, 6.45) is 0.996. The largest absolute Gasteiger partial charge is 0.465 e. The van der Waals surface area contributed by atoms with Gasteiger partial charge in [-0.2, -0.15) is 4.98 Å². The third-order valence-corrected chi connectivity index (χ3v) is 6.07. The standard InChI is InChI=1S/C23H20FN5O4S/c1-13-3-7-18(11-20(13)34(25,31)32)28-23-26-12-19(24)21(29-23)27-17-8-6-14-9-16(22(30)33-2)5-4-15(14)10-17/h3-12H,1-2H3,(H2,25,31,32)(H2,26,27,28,29). The molecule has 0 aliphatic rings. The summed E-state index contributed by atoms with van der Waals surface area (Å²) in [7, 11) is -2.59. The summed E-state index contributed by atoms with van der Waals surface area (Å²) < 4.78 is 42.6. The van der Waals surface area contributed by atoms with E-state index in [-0.39, 0.29) is 16.7 Å². The maximum Gasteiger partial charge on any atom is 0.337 e. The lowest BCUT2D eigenvalue weighted by Gasteiger charge is -2.11. The molecule has 0 spiro atoms. The molecule has 174 valence electrons. The lowest BCUT2D eigenvalue weighted by Crippen LogP contribution is -2.14. The molecule has 4 N–H and O–H groups in total. The second-order valence-electron chi connectivity index (χ2n) is 7.43. The number of nitrogens with two attached hydrogens (primary N) is 1. The van der Waals surface area contributed by atoms with Gasteiger partial charge in [0.15, 0.2) is 11.6 Å². The van der Waals surface area contributed by atoms with Crippen molar-refractivity contribution in [2.75, 3.05) is 17.7 Å². The number of rotatable bonds is 6. The summed E-state index contributed by atoms with van der Waals surface area (Å²) in [4.78, 5) is 19.7. The molecule has 0 bridgehead atoms. The second-order valence-corrected chi connectivity index (χ2v) is 8.96. The number of esters is 1. The number of halogens is 1. The Morgan fingerprint density at radius 2 is 1.68 bits per heavy atom. The first-order valence-electron chi connectivity index (χ1n) is 9.96. The van der Waals surface area contributed by atoms with Crippen LogP contribution in [0.2, 0.25) is 0 Å². The van der Waals surface area contributed by atoms with Crippen molar-refractivity contribution in [3.63, 3.8) is 0 Å². The molecule has 0 saturated carbocycles. The zero-order valence-corrected chi connectivity index (χ0v) is 19.0. The predicted octanol–water partition coefficient (Wildman–Crippen LogP) is 4.00. The van der Waals surface area contributed by atoms with Crippen molar-refractivity contribution in [2.45, 2.75) is 11.8 Å². The molecule has 0 aliphatic carbocycles. The van der Waals surface area contributed by atoms with Gasteiger partial charge < -0.3 is 15.4 Å². The van der Waals surface area contributed by atoms with Gasteiger partial charge in [0, 0.05) is 11.4 Å². The van der Waals surface area contributed by atoms with Crippen molar-refractivity contribution in [1.29, 1.82) is 0 Å². The molecule has 4 rings (SSSR count). The summed E-state index contributed by atoms with van der Waals surface area (Å²) in [5.74, 6) is -1.14. The molecule has 9 nitrogen and oxygen atoms in total. The first-order valence-corrected chi connectivity index (χ1v) is 11.5. The van der Waals surface area contributed by atoms with Crippen LogP contribution in [-0.2, 0) is 14.8 Å². The zero-order valence-electron chi connectivity index (χ0n) is 18.2. The van der Waals surface area contributed by atoms with Gasteiger partial charge in [-0.05, 0) is 59.7 Å². The number of anilines is 4. The number of sulfonamides is 1. The van der Waals surface area contributed by atoms with Crippen molar-refractivity contribution in [1.82, 2.24) is 9.97 Å². The summed E-state index contributed by atoms with van der Waals surface area (Å²) in [6.45, 7) is 1.62. The first-order chi connectivity index (χ1) is 16.1. The lowest BCUT2D eigenvalue weighted by molar-refractivity contribution is 0.0601. The van der Waals surface area contributed by atoms with Crippen LogP contribution in [0.1, 0.15) is 15.9 Å². The fourth-order valence-corrected chi connectivity index (χ4v) is 4.14. The minimum atomic E-state index is -3.91. The molecule has 0 fully saturated rings. The Bertz CT molecular complexity index is 1530. The van der Waals surface area contributed by atoms with Crippen LogP contribution in [0, 0.1) is 12.7 Å². The van der Waals surface area contributed by atoms with E-state index in [4.69, 9.17) is 9.88 Å². The molecule has 34 heavy (non-hydrogen) atoms. The van der Waals surface area contributed by atoms with E-state index < -0.39 is 21.8 Å². The molecule has 1 aromatic heterocycles. The van der Waals surface area contributed by atoms with E-state index in [1.165, 1.54) is 13.2 Å². The summed E-state index contributed by atoms with van der Waals surface area (Å²) in [5, 5.41) is 12.6. The number of primary sulfonamides is 1. The van der Waals surface area contributed by atoms with Crippen LogP contribution >= 0.6 is 0 Å². The van der Waals surface area contributed by atoms with E-state index in [0.29, 0.717) is 22.5 Å². The smallest absolute Gasteiger partial charge is 0.337 e. The molecule has 0 saturated heterocycles. The van der Waals surface area contributed by atoms with E-state index in [0.717, 1.165) is 17.0 Å². The van der Waals surface area contributed by atoms with Crippen LogP contribution in [0.15, 0.2) is 65.7 Å². The molecule has 0 amide bonds. The minimum absolute atomic E-state index is 0.0375. The molecule has 0 aliphatic heterocycles. The van der Waals surface area contributed by atoms with Crippen molar-refractivity contribution >= 4 is 49.9 Å². The Labute approximate surface area is 194 Å². The Morgan fingerprint density at radius 1 is 1.00 bits per heavy atom. The van der Waals surface area contributed by atoms with E-state index in [1.807, 2.05) is 0 Å². The highest BCUT2D eigenvalue weighted by Crippen LogP contribution is 2.26. The van der Waals surface area contributed by atoms with Crippen molar-refractivity contribution in [3.8, 4) is 0 Å². The second kappa shape index (κ2) is 9.04. The zero-order chi connectivity index (χ0) is 24.5. The van der Waals surface area contributed by atoms with E-state index in [9.17, 15) is 17.6 Å². The van der Waals surface area contributed by atoms with Gasteiger partial charge in [0.2, 0.25) is 16.0 Å². The summed E-state index contributed by atoms with van der Waals surface area (Å²) in [5.41, 5.74) is 1.86. The fourth-order valence-electron chi connectivity index (χ4n) is 3.33. The number of methoxy groups -OCH3 is 1. The first kappa shape index (κ1) is 23.1. The molecule has 3 aromatic carbocycles. The maximum absolute atomic E-state index is 14.4. The van der Waals surface area contributed by atoms with Gasteiger partial charge in [-0.1, -0.05) is 18.2 Å². The Kier molecular flexibility index (Phi) is 6.14. The van der Waals surface area contributed by atoms with Gasteiger partial charge in [0.25, 0.3) is 0 Å². The summed E-state index contributed by atoms with van der Waals surface area (Å²) >= 11 is 0. The number of carbonyl (C=O) groups is 1. The van der Waals surface area contributed by atoms with Crippen LogP contribution < -0.4 is 15.8 Å². The van der Waals surface area contributed by atoms with Crippen LogP contribution in [0.25, 0.3) is 10.8 Å². The predicted molar refractivity (Wildman–Crippen MR) is 126 cm³/mol. The number of hydrogen-bond donors (Lipinski definition) is 3. The van der Waals surface area contributed by atoms with E-state index >= 15 is 0 Å². The van der Waals surface area contributed by atoms with Crippen LogP contribution in [-0.4, -0.2) is 31.5 Å². The molecule has 4 aromatic rings. The van der Waals surface area contributed by atoms with Crippen LogP contribution in [0.3, 0.4) is 0 Å². The minimum Gasteiger partial charge on any atom is -0.465 e. The quantitative estimate of drug-likeness (QED) is 0.352. The van der Waals surface area contributed by atoms with Gasteiger partial charge in [-0.25, -0.2) is 27.7 Å². The highest BCUT2D eigenvalue weighted by molar-refractivity contribution is 7.89. The monoisotopic (exact) mass is 481 g/mol. The van der Waals surface area contributed by atoms with Gasteiger partial charge >= 0.3 is 5.97 Å². The van der Waals surface area contributed by atoms with E-state index in [2.05, 4.69) is 20.6 Å². The molecule has 0 unspecified atom stereocenters. The van der Waals surface area contributed by atoms with Crippen molar-refractivity contribution < 1.29 is 22.3 Å². The lowest BCUT2D eigenvalue weighted by atomic mass is 10.1. The number of aryl methyl sites for hydroxylation is 1. The Morgan fingerprint density at radius 3 is 2.41 bits per heavy atom. The number of fused-ring (bicyclic) bond motifs is 1. The maximum atomic E-state index is 14.4. The molecular weight excluding hydrogens is 461 g/mol. The third-order valence-electron chi connectivity index (χ3n) is 5.02. The van der Waals surface area contributed by atoms with Crippen LogP contribution in [0.5, 0.6) is 0 Å². The topological polar surface area (TPSA) is 136 Å². The van der Waals surface area contributed by atoms with Gasteiger partial charge in [-0.3, -0.25) is 0 Å². The van der Waals surface area contributed by atoms with Gasteiger partial charge in [-0.15, -0.1) is 0 Å². The molecule has 11 heteroatoms. The van der Waals surface area contributed by atoms with Crippen LogP contribution in [0.4, 0.5) is 27.5 Å². The molecule has 1 heterocycles. The Hall–Kier alpha value is -4.09. The third kappa shape index (κ3) is 4.95. The average molecular weight is 482 g/mol.